The average Bonchev–Trinajstić information content (AvgIpc) is 2.78. The van der Waals surface area contributed by atoms with Gasteiger partial charge in [0.15, 0.2) is 5.82 Å². The Labute approximate surface area is 104 Å². The van der Waals surface area contributed by atoms with Crippen molar-refractivity contribution in [3.8, 4) is 11.5 Å². The molecule has 0 atom stereocenters. The molecule has 0 aliphatic rings. The lowest BCUT2D eigenvalue weighted by Gasteiger charge is -2.10. The SMILES string of the molecule is CC(C)(C)c1noc(-c2ccc(C(=O)O)cc2)n1. The molecule has 1 N–H and O–H groups in total. The maximum atomic E-state index is 10.7. The number of carboxylic acids is 1. The van der Waals surface area contributed by atoms with Gasteiger partial charge in [-0.25, -0.2) is 4.79 Å². The Kier molecular flexibility index (Phi) is 2.90. The van der Waals surface area contributed by atoms with Gasteiger partial charge in [-0.05, 0) is 24.3 Å². The third-order valence-electron chi connectivity index (χ3n) is 2.48. The summed E-state index contributed by atoms with van der Waals surface area (Å²) in [7, 11) is 0. The zero-order chi connectivity index (χ0) is 13.3. The van der Waals surface area contributed by atoms with E-state index >= 15 is 0 Å². The van der Waals surface area contributed by atoms with Crippen LogP contribution in [0.25, 0.3) is 11.5 Å². The largest absolute Gasteiger partial charge is 0.478 e. The number of aromatic carboxylic acids is 1. The zero-order valence-electron chi connectivity index (χ0n) is 10.5. The van der Waals surface area contributed by atoms with Gasteiger partial charge in [0.25, 0.3) is 5.89 Å². The topological polar surface area (TPSA) is 76.2 Å². The Morgan fingerprint density at radius 3 is 2.28 bits per heavy atom. The van der Waals surface area contributed by atoms with Gasteiger partial charge in [-0.1, -0.05) is 25.9 Å². The van der Waals surface area contributed by atoms with Crippen LogP contribution in [0.1, 0.15) is 37.0 Å². The summed E-state index contributed by atoms with van der Waals surface area (Å²) in [5.41, 5.74) is 0.764. The Balaban J connectivity index is 2.32. The van der Waals surface area contributed by atoms with Crippen LogP contribution < -0.4 is 0 Å². The Hall–Kier alpha value is -2.17. The predicted octanol–water partition coefficient (Wildman–Crippen LogP) is 2.73. The molecule has 1 aromatic carbocycles. The standard InChI is InChI=1S/C13H14N2O3/c1-13(2,3)12-14-10(18-15-12)8-4-6-9(7-5-8)11(16)17/h4-7H,1-3H3,(H,16,17). The first kappa shape index (κ1) is 12.3. The number of aromatic nitrogens is 2. The summed E-state index contributed by atoms with van der Waals surface area (Å²) in [4.78, 5) is 15.0. The normalized spacial score (nSPS) is 11.5. The summed E-state index contributed by atoms with van der Waals surface area (Å²) in [6.07, 6.45) is 0. The van der Waals surface area contributed by atoms with E-state index in [4.69, 9.17) is 9.63 Å². The molecular weight excluding hydrogens is 232 g/mol. The van der Waals surface area contributed by atoms with E-state index in [1.807, 2.05) is 20.8 Å². The van der Waals surface area contributed by atoms with Crippen molar-refractivity contribution in [2.45, 2.75) is 26.2 Å². The van der Waals surface area contributed by atoms with Gasteiger partial charge in [-0.2, -0.15) is 4.98 Å². The van der Waals surface area contributed by atoms with Gasteiger partial charge in [0.2, 0.25) is 0 Å². The second-order valence-corrected chi connectivity index (χ2v) is 5.06. The number of carboxylic acid groups (broad SMARTS) is 1. The van der Waals surface area contributed by atoms with E-state index in [1.54, 1.807) is 12.1 Å². The lowest BCUT2D eigenvalue weighted by molar-refractivity contribution is 0.0697. The zero-order valence-corrected chi connectivity index (χ0v) is 10.5. The fourth-order valence-electron chi connectivity index (χ4n) is 1.40. The molecule has 0 spiro atoms. The minimum Gasteiger partial charge on any atom is -0.478 e. The van der Waals surface area contributed by atoms with Gasteiger partial charge in [-0.15, -0.1) is 0 Å². The van der Waals surface area contributed by atoms with Gasteiger partial charge in [0.05, 0.1) is 5.56 Å². The van der Waals surface area contributed by atoms with E-state index < -0.39 is 5.97 Å². The van der Waals surface area contributed by atoms with E-state index in [9.17, 15) is 4.79 Å². The molecule has 1 aromatic heterocycles. The van der Waals surface area contributed by atoms with Gasteiger partial charge < -0.3 is 9.63 Å². The molecule has 0 aliphatic heterocycles. The summed E-state index contributed by atoms with van der Waals surface area (Å²) < 4.78 is 5.17. The van der Waals surface area contributed by atoms with Crippen molar-refractivity contribution in [3.63, 3.8) is 0 Å². The molecular formula is C13H14N2O3. The number of hydrogen-bond acceptors (Lipinski definition) is 4. The van der Waals surface area contributed by atoms with Crippen molar-refractivity contribution in [2.75, 3.05) is 0 Å². The highest BCUT2D eigenvalue weighted by atomic mass is 16.5. The minimum absolute atomic E-state index is 0.178. The highest BCUT2D eigenvalue weighted by Gasteiger charge is 2.21. The van der Waals surface area contributed by atoms with Crippen LogP contribution in [0.5, 0.6) is 0 Å². The maximum Gasteiger partial charge on any atom is 0.335 e. The number of carbonyl (C=O) groups is 1. The second kappa shape index (κ2) is 4.25. The first-order valence-electron chi connectivity index (χ1n) is 5.56. The van der Waals surface area contributed by atoms with E-state index in [-0.39, 0.29) is 11.0 Å². The van der Waals surface area contributed by atoms with Gasteiger partial charge in [-0.3, -0.25) is 0 Å². The van der Waals surface area contributed by atoms with Crippen LogP contribution in [0.3, 0.4) is 0 Å². The van der Waals surface area contributed by atoms with Crippen molar-refractivity contribution in [3.05, 3.63) is 35.7 Å². The highest BCUT2D eigenvalue weighted by molar-refractivity contribution is 5.88. The van der Waals surface area contributed by atoms with Crippen molar-refractivity contribution in [1.82, 2.24) is 10.1 Å². The van der Waals surface area contributed by atoms with Crippen molar-refractivity contribution >= 4 is 5.97 Å². The first-order chi connectivity index (χ1) is 8.38. The quantitative estimate of drug-likeness (QED) is 0.881. The summed E-state index contributed by atoms with van der Waals surface area (Å²) in [6.45, 7) is 5.99. The number of rotatable bonds is 2. The average molecular weight is 246 g/mol. The van der Waals surface area contributed by atoms with Crippen molar-refractivity contribution in [2.24, 2.45) is 0 Å². The number of hydrogen-bond donors (Lipinski definition) is 1. The van der Waals surface area contributed by atoms with Gasteiger partial charge >= 0.3 is 5.97 Å². The summed E-state index contributed by atoms with van der Waals surface area (Å²) in [5.74, 6) is 0.0686. The van der Waals surface area contributed by atoms with Crippen molar-refractivity contribution in [1.29, 1.82) is 0 Å². The molecule has 2 aromatic rings. The van der Waals surface area contributed by atoms with Crippen LogP contribution >= 0.6 is 0 Å². The van der Waals surface area contributed by atoms with Crippen LogP contribution in [0, 0.1) is 0 Å². The second-order valence-electron chi connectivity index (χ2n) is 5.06. The lowest BCUT2D eigenvalue weighted by Crippen LogP contribution is -2.13. The molecule has 0 unspecified atom stereocenters. The Morgan fingerprint density at radius 1 is 1.22 bits per heavy atom. The van der Waals surface area contributed by atoms with E-state index in [1.165, 1.54) is 12.1 Å². The van der Waals surface area contributed by atoms with Gasteiger partial charge in [0, 0.05) is 11.0 Å². The van der Waals surface area contributed by atoms with Crippen molar-refractivity contribution < 1.29 is 14.4 Å². The fourth-order valence-corrected chi connectivity index (χ4v) is 1.40. The molecule has 0 fully saturated rings. The van der Waals surface area contributed by atoms with E-state index in [0.29, 0.717) is 17.3 Å². The molecule has 2 rings (SSSR count). The third-order valence-corrected chi connectivity index (χ3v) is 2.48. The number of nitrogens with zero attached hydrogens (tertiary/aromatic N) is 2. The van der Waals surface area contributed by atoms with E-state index in [0.717, 1.165) is 0 Å². The molecule has 5 heteroatoms. The highest BCUT2D eigenvalue weighted by Crippen LogP contribution is 2.23. The van der Waals surface area contributed by atoms with Gasteiger partial charge in [0.1, 0.15) is 0 Å². The molecule has 18 heavy (non-hydrogen) atoms. The Bertz CT molecular complexity index is 565. The third kappa shape index (κ3) is 2.40. The van der Waals surface area contributed by atoms with E-state index in [2.05, 4.69) is 10.1 Å². The Morgan fingerprint density at radius 2 is 1.83 bits per heavy atom. The summed E-state index contributed by atoms with van der Waals surface area (Å²) >= 11 is 0. The number of benzene rings is 1. The molecule has 0 bridgehead atoms. The van der Waals surface area contributed by atoms with Crippen LogP contribution in [0.2, 0.25) is 0 Å². The molecule has 0 saturated carbocycles. The molecule has 0 radical (unpaired) electrons. The maximum absolute atomic E-state index is 10.7. The monoisotopic (exact) mass is 246 g/mol. The summed E-state index contributed by atoms with van der Waals surface area (Å²) in [5, 5.41) is 12.7. The fraction of sp³-hybridized carbons (Fsp3) is 0.308. The molecule has 94 valence electrons. The predicted molar refractivity (Wildman–Crippen MR) is 65.4 cm³/mol. The van der Waals surface area contributed by atoms with Crippen LogP contribution in [0.4, 0.5) is 0 Å². The first-order valence-corrected chi connectivity index (χ1v) is 5.56. The molecule has 0 amide bonds. The molecule has 0 aliphatic carbocycles. The van der Waals surface area contributed by atoms with Crippen LogP contribution in [-0.4, -0.2) is 21.2 Å². The molecule has 0 saturated heterocycles. The van der Waals surface area contributed by atoms with Crippen LogP contribution in [-0.2, 0) is 5.41 Å². The smallest absolute Gasteiger partial charge is 0.335 e. The molecule has 5 nitrogen and oxygen atoms in total. The minimum atomic E-state index is -0.956. The summed E-state index contributed by atoms with van der Waals surface area (Å²) in [6, 6.07) is 6.34. The van der Waals surface area contributed by atoms with Crippen LogP contribution in [0.15, 0.2) is 28.8 Å². The molecule has 1 heterocycles. The lowest BCUT2D eigenvalue weighted by atomic mass is 9.96.